The molecule has 0 spiro atoms. The standard InChI is InChI=1S/C21H22O11/c22-7-16-18(27)19(28)20(29)21(32-16)31-13-2-1-8(3-10(13)24)14-6-12(26)17-11(25)4-9(23)5-15(17)30-14/h1-5,14,16,18-25,27-29H,6-7H2/t14-,16+,18+,19-,20+,21+/m0/s1. The van der Waals surface area contributed by atoms with Crippen LogP contribution in [-0.4, -0.2) is 78.8 Å². The molecule has 6 atom stereocenters. The molecule has 0 amide bonds. The second-order valence-corrected chi connectivity index (χ2v) is 7.61. The highest BCUT2D eigenvalue weighted by atomic mass is 16.7. The molecular formula is C21H22O11. The van der Waals surface area contributed by atoms with E-state index < -0.39 is 54.9 Å². The fourth-order valence-corrected chi connectivity index (χ4v) is 3.74. The topological polar surface area (TPSA) is 186 Å². The second-order valence-electron chi connectivity index (χ2n) is 7.61. The van der Waals surface area contributed by atoms with Gasteiger partial charge in [-0.2, -0.15) is 0 Å². The zero-order valence-electron chi connectivity index (χ0n) is 16.5. The third kappa shape index (κ3) is 3.92. The van der Waals surface area contributed by atoms with Gasteiger partial charge < -0.3 is 50.0 Å². The molecular weight excluding hydrogens is 428 g/mol. The summed E-state index contributed by atoms with van der Waals surface area (Å²) in [7, 11) is 0. The summed E-state index contributed by atoms with van der Waals surface area (Å²) in [6, 6.07) is 6.33. The Balaban J connectivity index is 1.53. The van der Waals surface area contributed by atoms with Gasteiger partial charge in [0, 0.05) is 12.1 Å². The van der Waals surface area contributed by atoms with Gasteiger partial charge in [0.1, 0.15) is 53.3 Å². The van der Waals surface area contributed by atoms with Gasteiger partial charge in [-0.3, -0.25) is 4.79 Å². The van der Waals surface area contributed by atoms with Crippen LogP contribution < -0.4 is 9.47 Å². The normalized spacial score (nSPS) is 29.8. The van der Waals surface area contributed by atoms with Gasteiger partial charge in [-0.05, 0) is 17.7 Å². The molecule has 1 fully saturated rings. The van der Waals surface area contributed by atoms with Gasteiger partial charge in [-0.25, -0.2) is 0 Å². The third-order valence-corrected chi connectivity index (χ3v) is 5.43. The number of carbonyl (C=O) groups is 1. The summed E-state index contributed by atoms with van der Waals surface area (Å²) < 4.78 is 16.4. The van der Waals surface area contributed by atoms with Gasteiger partial charge in [-0.1, -0.05) is 6.07 Å². The average Bonchev–Trinajstić information content (AvgIpc) is 2.74. The second kappa shape index (κ2) is 8.45. The van der Waals surface area contributed by atoms with Crippen LogP contribution in [0, 0.1) is 0 Å². The molecule has 11 heteroatoms. The van der Waals surface area contributed by atoms with Crippen LogP contribution >= 0.6 is 0 Å². The fraction of sp³-hybridized carbons (Fsp3) is 0.381. The first kappa shape index (κ1) is 22.1. The first-order chi connectivity index (χ1) is 15.2. The van der Waals surface area contributed by atoms with E-state index in [1.54, 1.807) is 0 Å². The first-order valence-corrected chi connectivity index (χ1v) is 9.75. The number of phenolic OH excluding ortho intramolecular Hbond substituents is 3. The van der Waals surface area contributed by atoms with E-state index >= 15 is 0 Å². The predicted octanol–water partition coefficient (Wildman–Crippen LogP) is -0.311. The van der Waals surface area contributed by atoms with E-state index in [1.165, 1.54) is 24.3 Å². The zero-order valence-corrected chi connectivity index (χ0v) is 16.5. The lowest BCUT2D eigenvalue weighted by Crippen LogP contribution is -2.60. The fourth-order valence-electron chi connectivity index (χ4n) is 3.74. The van der Waals surface area contributed by atoms with Crippen LogP contribution in [0.5, 0.6) is 28.7 Å². The van der Waals surface area contributed by atoms with Crippen molar-refractivity contribution in [1.29, 1.82) is 0 Å². The largest absolute Gasteiger partial charge is 0.508 e. The average molecular weight is 450 g/mol. The lowest BCUT2D eigenvalue weighted by atomic mass is 9.95. The van der Waals surface area contributed by atoms with Gasteiger partial charge >= 0.3 is 0 Å². The first-order valence-electron chi connectivity index (χ1n) is 9.75. The number of Topliss-reactive ketones (excluding diaryl/α,β-unsaturated/α-hetero) is 1. The number of aromatic hydroxyl groups is 3. The quantitative estimate of drug-likeness (QED) is 0.324. The molecule has 0 radical (unpaired) electrons. The number of ether oxygens (including phenoxy) is 3. The molecule has 2 aromatic carbocycles. The molecule has 0 aromatic heterocycles. The van der Waals surface area contributed by atoms with E-state index in [2.05, 4.69) is 0 Å². The maximum absolute atomic E-state index is 12.5. The van der Waals surface area contributed by atoms with E-state index in [1.807, 2.05) is 0 Å². The van der Waals surface area contributed by atoms with Crippen LogP contribution in [0.4, 0.5) is 0 Å². The Morgan fingerprint density at radius 2 is 1.72 bits per heavy atom. The van der Waals surface area contributed by atoms with E-state index in [0.717, 1.165) is 6.07 Å². The van der Waals surface area contributed by atoms with Gasteiger partial charge in [-0.15, -0.1) is 0 Å². The molecule has 11 nitrogen and oxygen atoms in total. The minimum absolute atomic E-state index is 0.00452. The van der Waals surface area contributed by atoms with E-state index in [0.29, 0.717) is 5.56 Å². The number of aliphatic hydroxyl groups excluding tert-OH is 4. The monoisotopic (exact) mass is 450 g/mol. The minimum Gasteiger partial charge on any atom is -0.508 e. The minimum atomic E-state index is -1.65. The number of hydrogen-bond donors (Lipinski definition) is 7. The molecule has 0 aliphatic carbocycles. The molecule has 1 saturated heterocycles. The van der Waals surface area contributed by atoms with E-state index in [9.17, 15) is 40.5 Å². The highest BCUT2D eigenvalue weighted by Gasteiger charge is 2.45. The van der Waals surface area contributed by atoms with Crippen molar-refractivity contribution < 1.29 is 54.8 Å². The Kier molecular flexibility index (Phi) is 5.84. The van der Waals surface area contributed by atoms with Crippen molar-refractivity contribution in [3.63, 3.8) is 0 Å². The number of fused-ring (bicyclic) bond motifs is 1. The molecule has 7 N–H and O–H groups in total. The van der Waals surface area contributed by atoms with Crippen molar-refractivity contribution in [3.8, 4) is 28.7 Å². The molecule has 0 bridgehead atoms. The zero-order chi connectivity index (χ0) is 23.2. The SMILES string of the molecule is O=C1C[C@@H](c2ccc(O[C@@H]3O[C@H](CO)[C@@H](O)[C@H](O)[C@H]3O)c(O)c2)Oc2cc(O)cc(O)c21. The summed E-state index contributed by atoms with van der Waals surface area (Å²) in [5, 5.41) is 68.9. The number of ketones is 1. The number of rotatable bonds is 4. The molecule has 2 aliphatic rings. The van der Waals surface area contributed by atoms with E-state index in [-0.39, 0.29) is 35.0 Å². The van der Waals surface area contributed by atoms with Crippen molar-refractivity contribution in [3.05, 3.63) is 41.5 Å². The summed E-state index contributed by atoms with van der Waals surface area (Å²) in [6.07, 6.45) is -8.43. The van der Waals surface area contributed by atoms with Crippen molar-refractivity contribution >= 4 is 5.78 Å². The molecule has 0 unspecified atom stereocenters. The van der Waals surface area contributed by atoms with Crippen molar-refractivity contribution in [2.75, 3.05) is 6.61 Å². The van der Waals surface area contributed by atoms with Crippen molar-refractivity contribution in [1.82, 2.24) is 0 Å². The summed E-state index contributed by atoms with van der Waals surface area (Å²) >= 11 is 0. The summed E-state index contributed by atoms with van der Waals surface area (Å²) in [5.74, 6) is -1.59. The van der Waals surface area contributed by atoms with Crippen LogP contribution in [0.2, 0.25) is 0 Å². The third-order valence-electron chi connectivity index (χ3n) is 5.43. The maximum atomic E-state index is 12.5. The van der Waals surface area contributed by atoms with Gasteiger partial charge in [0.25, 0.3) is 0 Å². The van der Waals surface area contributed by atoms with E-state index in [4.69, 9.17) is 14.2 Å². The molecule has 2 heterocycles. The number of carbonyl (C=O) groups excluding carboxylic acids is 1. The maximum Gasteiger partial charge on any atom is 0.229 e. The lowest BCUT2D eigenvalue weighted by Gasteiger charge is -2.39. The number of hydrogen-bond acceptors (Lipinski definition) is 11. The Hall–Kier alpha value is -3.09. The molecule has 4 rings (SSSR count). The van der Waals surface area contributed by atoms with Crippen LogP contribution in [-0.2, 0) is 4.74 Å². The van der Waals surface area contributed by atoms with Gasteiger partial charge in [0.15, 0.2) is 17.3 Å². The van der Waals surface area contributed by atoms with Gasteiger partial charge in [0.2, 0.25) is 6.29 Å². The van der Waals surface area contributed by atoms with Crippen LogP contribution in [0.1, 0.15) is 28.4 Å². The van der Waals surface area contributed by atoms with Crippen LogP contribution in [0.3, 0.4) is 0 Å². The number of aliphatic hydroxyl groups is 4. The van der Waals surface area contributed by atoms with Gasteiger partial charge in [0.05, 0.1) is 13.0 Å². The summed E-state index contributed by atoms with van der Waals surface area (Å²) in [4.78, 5) is 12.5. The Bertz CT molecular complexity index is 1020. The molecule has 2 aliphatic heterocycles. The number of phenols is 3. The highest BCUT2D eigenvalue weighted by Crippen LogP contribution is 2.43. The van der Waals surface area contributed by atoms with Crippen molar-refractivity contribution in [2.24, 2.45) is 0 Å². The lowest BCUT2D eigenvalue weighted by molar-refractivity contribution is -0.277. The molecule has 0 saturated carbocycles. The Morgan fingerprint density at radius 3 is 2.41 bits per heavy atom. The molecule has 2 aromatic rings. The summed E-state index contributed by atoms with van der Waals surface area (Å²) in [6.45, 7) is -0.630. The van der Waals surface area contributed by atoms with Crippen molar-refractivity contribution in [2.45, 2.75) is 43.2 Å². The molecule has 32 heavy (non-hydrogen) atoms. The Labute approximate surface area is 181 Å². The van der Waals surface area contributed by atoms with Crippen LogP contribution in [0.15, 0.2) is 30.3 Å². The molecule has 172 valence electrons. The number of benzene rings is 2. The summed E-state index contributed by atoms with van der Waals surface area (Å²) in [5.41, 5.74) is 0.358. The van der Waals surface area contributed by atoms with Crippen LogP contribution in [0.25, 0.3) is 0 Å². The predicted molar refractivity (Wildman–Crippen MR) is 105 cm³/mol. The smallest absolute Gasteiger partial charge is 0.229 e. The Morgan fingerprint density at radius 1 is 0.969 bits per heavy atom. The highest BCUT2D eigenvalue weighted by molar-refractivity contribution is 6.02.